The highest BCUT2D eigenvalue weighted by Crippen LogP contribution is 2.66. The van der Waals surface area contributed by atoms with Crippen molar-refractivity contribution in [3.8, 4) is 0 Å². The van der Waals surface area contributed by atoms with Crippen molar-refractivity contribution < 1.29 is 14.6 Å². The average molecular weight is 314 g/mol. The minimum Gasteiger partial charge on any atom is -0.392 e. The van der Waals surface area contributed by atoms with Crippen LogP contribution in [0.3, 0.4) is 0 Å². The third-order valence-corrected chi connectivity index (χ3v) is 7.41. The SMILES string of the molecule is C[C@]12C[C@H](O)[C@@H]3c4ccccc4CC[C@H]3[C@@H]1CCC21OCCO1. The van der Waals surface area contributed by atoms with Crippen molar-refractivity contribution in [2.45, 2.75) is 56.8 Å². The summed E-state index contributed by atoms with van der Waals surface area (Å²) in [7, 11) is 0. The van der Waals surface area contributed by atoms with Crippen molar-refractivity contribution in [1.82, 2.24) is 0 Å². The van der Waals surface area contributed by atoms with Gasteiger partial charge in [0.1, 0.15) is 0 Å². The molecule has 23 heavy (non-hydrogen) atoms. The second-order valence-electron chi connectivity index (χ2n) is 8.21. The van der Waals surface area contributed by atoms with Crippen LogP contribution in [0, 0.1) is 17.3 Å². The van der Waals surface area contributed by atoms with Crippen LogP contribution in [0.1, 0.15) is 49.7 Å². The van der Waals surface area contributed by atoms with E-state index in [-0.39, 0.29) is 11.5 Å². The molecule has 1 spiro atoms. The molecule has 3 aliphatic carbocycles. The number of hydrogen-bond acceptors (Lipinski definition) is 3. The van der Waals surface area contributed by atoms with Gasteiger partial charge in [-0.2, -0.15) is 0 Å². The highest BCUT2D eigenvalue weighted by Gasteiger charge is 2.66. The molecular weight excluding hydrogens is 288 g/mol. The number of benzene rings is 1. The molecule has 5 rings (SSSR count). The third kappa shape index (κ3) is 1.76. The Kier molecular flexibility index (Phi) is 3.02. The summed E-state index contributed by atoms with van der Waals surface area (Å²) in [6.07, 6.45) is 5.01. The second-order valence-corrected chi connectivity index (χ2v) is 8.21. The molecule has 3 fully saturated rings. The predicted octanol–water partition coefficient (Wildman–Crippen LogP) is 3.26. The minimum atomic E-state index is -0.430. The van der Waals surface area contributed by atoms with Crippen molar-refractivity contribution in [3.63, 3.8) is 0 Å². The van der Waals surface area contributed by atoms with Gasteiger partial charge in [-0.3, -0.25) is 0 Å². The first-order chi connectivity index (χ1) is 11.1. The van der Waals surface area contributed by atoms with Crippen LogP contribution in [0.25, 0.3) is 0 Å². The van der Waals surface area contributed by atoms with E-state index in [0.29, 0.717) is 31.0 Å². The predicted molar refractivity (Wildman–Crippen MR) is 87.1 cm³/mol. The van der Waals surface area contributed by atoms with Crippen molar-refractivity contribution in [2.24, 2.45) is 17.3 Å². The summed E-state index contributed by atoms with van der Waals surface area (Å²) < 4.78 is 12.3. The molecule has 1 aliphatic heterocycles. The summed E-state index contributed by atoms with van der Waals surface area (Å²) in [5.74, 6) is 1.03. The van der Waals surface area contributed by atoms with Gasteiger partial charge in [0.05, 0.1) is 19.3 Å². The molecule has 5 atom stereocenters. The Labute approximate surface area is 138 Å². The first-order valence-corrected chi connectivity index (χ1v) is 9.18. The second kappa shape index (κ2) is 4.81. The van der Waals surface area contributed by atoms with Crippen LogP contribution in [-0.2, 0) is 15.9 Å². The van der Waals surface area contributed by atoms with Crippen molar-refractivity contribution in [2.75, 3.05) is 13.2 Å². The van der Waals surface area contributed by atoms with Crippen LogP contribution < -0.4 is 0 Å². The molecule has 2 saturated carbocycles. The Morgan fingerprint density at radius 2 is 1.91 bits per heavy atom. The van der Waals surface area contributed by atoms with Gasteiger partial charge in [-0.1, -0.05) is 31.2 Å². The molecule has 0 aromatic heterocycles. The fraction of sp³-hybridized carbons (Fsp3) is 0.700. The van der Waals surface area contributed by atoms with E-state index < -0.39 is 5.79 Å². The number of fused-ring (bicyclic) bond motifs is 6. The molecule has 3 nitrogen and oxygen atoms in total. The van der Waals surface area contributed by atoms with E-state index in [9.17, 15) is 5.11 Å². The first-order valence-electron chi connectivity index (χ1n) is 9.18. The smallest absolute Gasteiger partial charge is 0.174 e. The maximum absolute atomic E-state index is 11.1. The zero-order valence-corrected chi connectivity index (χ0v) is 13.8. The normalized spacial score (nSPS) is 43.9. The molecule has 0 radical (unpaired) electrons. The number of aryl methyl sites for hydroxylation is 1. The Morgan fingerprint density at radius 3 is 2.74 bits per heavy atom. The summed E-state index contributed by atoms with van der Waals surface area (Å²) in [6.45, 7) is 3.72. The number of aliphatic hydroxyl groups is 1. The van der Waals surface area contributed by atoms with Crippen molar-refractivity contribution in [1.29, 1.82) is 0 Å². The van der Waals surface area contributed by atoms with Crippen LogP contribution in [0.5, 0.6) is 0 Å². The molecule has 1 saturated heterocycles. The van der Waals surface area contributed by atoms with Gasteiger partial charge in [0, 0.05) is 17.8 Å². The lowest BCUT2D eigenvalue weighted by atomic mass is 9.54. The number of ether oxygens (including phenoxy) is 2. The monoisotopic (exact) mass is 314 g/mol. The lowest BCUT2D eigenvalue weighted by molar-refractivity contribution is -0.246. The molecule has 4 aliphatic rings. The molecular formula is C20H26O3. The number of hydrogen-bond donors (Lipinski definition) is 1. The van der Waals surface area contributed by atoms with Gasteiger partial charge in [0.15, 0.2) is 5.79 Å². The zero-order valence-electron chi connectivity index (χ0n) is 13.8. The fourth-order valence-electron chi connectivity index (χ4n) is 6.48. The molecule has 1 heterocycles. The van der Waals surface area contributed by atoms with E-state index in [1.165, 1.54) is 24.0 Å². The fourth-order valence-corrected chi connectivity index (χ4v) is 6.48. The molecule has 124 valence electrons. The Bertz CT molecular complexity index is 621. The van der Waals surface area contributed by atoms with Gasteiger partial charge < -0.3 is 14.6 Å². The molecule has 0 unspecified atom stereocenters. The van der Waals surface area contributed by atoms with E-state index in [2.05, 4.69) is 31.2 Å². The van der Waals surface area contributed by atoms with Gasteiger partial charge in [0.2, 0.25) is 0 Å². The Hall–Kier alpha value is -0.900. The topological polar surface area (TPSA) is 38.7 Å². The minimum absolute atomic E-state index is 0.0453. The summed E-state index contributed by atoms with van der Waals surface area (Å²) >= 11 is 0. The van der Waals surface area contributed by atoms with Gasteiger partial charge >= 0.3 is 0 Å². The van der Waals surface area contributed by atoms with Crippen LogP contribution in [-0.4, -0.2) is 30.2 Å². The van der Waals surface area contributed by atoms with Crippen molar-refractivity contribution in [3.05, 3.63) is 35.4 Å². The standard InChI is InChI=1S/C20H26O3/c1-19-12-17(21)18-14-5-3-2-4-13(14)6-7-15(18)16(19)8-9-20(19)22-10-11-23-20/h2-5,15-18,21H,6-12H2,1H3/t15-,16-,17-,18+,19-/m0/s1. The van der Waals surface area contributed by atoms with Crippen LogP contribution in [0.15, 0.2) is 24.3 Å². The summed E-state index contributed by atoms with van der Waals surface area (Å²) in [5, 5.41) is 11.1. The van der Waals surface area contributed by atoms with Crippen LogP contribution in [0.2, 0.25) is 0 Å². The molecule has 3 heteroatoms. The summed E-state index contributed by atoms with van der Waals surface area (Å²) in [5.41, 5.74) is 2.79. The highest BCUT2D eigenvalue weighted by molar-refractivity contribution is 5.36. The molecule has 1 aromatic rings. The Morgan fingerprint density at radius 1 is 1.13 bits per heavy atom. The van der Waals surface area contributed by atoms with Crippen LogP contribution >= 0.6 is 0 Å². The molecule has 0 bridgehead atoms. The first kappa shape index (κ1) is 14.4. The Balaban J connectivity index is 1.57. The van der Waals surface area contributed by atoms with E-state index in [1.54, 1.807) is 0 Å². The molecule has 0 amide bonds. The lowest BCUT2D eigenvalue weighted by Gasteiger charge is -2.54. The van der Waals surface area contributed by atoms with E-state index in [0.717, 1.165) is 19.3 Å². The highest BCUT2D eigenvalue weighted by atomic mass is 16.7. The zero-order chi connectivity index (χ0) is 15.7. The maximum Gasteiger partial charge on any atom is 0.174 e. The summed E-state index contributed by atoms with van der Waals surface area (Å²) in [4.78, 5) is 0. The van der Waals surface area contributed by atoms with Gasteiger partial charge in [0.25, 0.3) is 0 Å². The average Bonchev–Trinajstić information content (AvgIpc) is 3.14. The maximum atomic E-state index is 11.1. The van der Waals surface area contributed by atoms with Gasteiger partial charge in [-0.25, -0.2) is 0 Å². The van der Waals surface area contributed by atoms with E-state index in [4.69, 9.17) is 9.47 Å². The molecule has 1 aromatic carbocycles. The van der Waals surface area contributed by atoms with E-state index in [1.807, 2.05) is 0 Å². The van der Waals surface area contributed by atoms with Gasteiger partial charge in [-0.05, 0) is 48.6 Å². The van der Waals surface area contributed by atoms with Crippen LogP contribution in [0.4, 0.5) is 0 Å². The van der Waals surface area contributed by atoms with Gasteiger partial charge in [-0.15, -0.1) is 0 Å². The third-order valence-electron chi connectivity index (χ3n) is 7.41. The summed E-state index contributed by atoms with van der Waals surface area (Å²) in [6, 6.07) is 8.74. The number of rotatable bonds is 0. The number of aliphatic hydroxyl groups excluding tert-OH is 1. The quantitative estimate of drug-likeness (QED) is 0.799. The molecule has 1 N–H and O–H groups in total. The largest absolute Gasteiger partial charge is 0.392 e. The van der Waals surface area contributed by atoms with Crippen molar-refractivity contribution >= 4 is 0 Å². The van der Waals surface area contributed by atoms with E-state index >= 15 is 0 Å². The lowest BCUT2D eigenvalue weighted by Crippen LogP contribution is -2.55.